The van der Waals surface area contributed by atoms with E-state index in [2.05, 4.69) is 67.9 Å². The van der Waals surface area contributed by atoms with Crippen molar-refractivity contribution in [2.45, 2.75) is 60.1 Å². The number of hydrogen-bond acceptors (Lipinski definition) is 10. The predicted molar refractivity (Wildman–Crippen MR) is 196 cm³/mol. The van der Waals surface area contributed by atoms with Gasteiger partial charge >= 0.3 is 5.97 Å². The Bertz CT molecular complexity index is 2170. The number of thiazole rings is 1. The summed E-state index contributed by atoms with van der Waals surface area (Å²) in [7, 11) is 0. The lowest BCUT2D eigenvalue weighted by Gasteiger charge is -2.14. The second-order valence-corrected chi connectivity index (χ2v) is 13.8. The molecule has 3 aromatic heterocycles. The van der Waals surface area contributed by atoms with Crippen LogP contribution in [0.5, 0.6) is 5.75 Å². The molecule has 0 fully saturated rings. The number of nitrogens with zero attached hydrogens (tertiary/aromatic N) is 7. The Hall–Kier alpha value is -5.38. The standard InChI is InChI=1S/C38H37ClN8O3S/c1-5-6-11-33-42-35(39)31(47(33)20-25-12-14-26(15-13-25)29-9-7-8-10-30(29)36-43-45-46-44-36)22-50-38(48)34-24(4)41-37(51-34)27-16-17-32(28(18-27)19-40)49-21-23(2)3/h7-10,12-18,23H,5-6,11,20-22H2,1-4H3,(H,43,44,45,46). The first-order valence-electron chi connectivity index (χ1n) is 16.7. The van der Waals surface area contributed by atoms with Crippen molar-refractivity contribution in [2.24, 2.45) is 5.92 Å². The molecule has 260 valence electrons. The minimum Gasteiger partial charge on any atom is -0.492 e. The van der Waals surface area contributed by atoms with E-state index in [1.54, 1.807) is 19.1 Å². The minimum absolute atomic E-state index is 0.0555. The summed E-state index contributed by atoms with van der Waals surface area (Å²) in [5.41, 5.74) is 6.23. The molecule has 51 heavy (non-hydrogen) atoms. The fourth-order valence-electron chi connectivity index (χ4n) is 5.57. The average molecular weight is 721 g/mol. The van der Waals surface area contributed by atoms with Crippen LogP contribution in [0.25, 0.3) is 33.1 Å². The number of unbranched alkanes of at least 4 members (excludes halogenated alkanes) is 1. The summed E-state index contributed by atoms with van der Waals surface area (Å²) in [6.07, 6.45) is 2.68. The van der Waals surface area contributed by atoms with Gasteiger partial charge in [0, 0.05) is 24.1 Å². The number of hydrogen-bond donors (Lipinski definition) is 1. The number of aromatic nitrogens is 7. The Kier molecular flexibility index (Phi) is 11.2. The molecule has 6 aromatic rings. The lowest BCUT2D eigenvalue weighted by molar-refractivity contribution is 0.0468. The summed E-state index contributed by atoms with van der Waals surface area (Å²) in [5.74, 6) is 1.72. The summed E-state index contributed by atoms with van der Waals surface area (Å²) in [5, 5.41) is 25.2. The quantitative estimate of drug-likeness (QED) is 0.110. The number of ether oxygens (including phenoxy) is 2. The zero-order chi connectivity index (χ0) is 35.9. The number of carbonyl (C=O) groups excluding carboxylic acids is 1. The minimum atomic E-state index is -0.503. The third-order valence-corrected chi connectivity index (χ3v) is 9.71. The maximum atomic E-state index is 13.4. The van der Waals surface area contributed by atoms with Crippen LogP contribution in [0.2, 0.25) is 5.15 Å². The highest BCUT2D eigenvalue weighted by Gasteiger charge is 2.22. The van der Waals surface area contributed by atoms with E-state index in [0.29, 0.717) is 62.6 Å². The molecule has 0 spiro atoms. The van der Waals surface area contributed by atoms with E-state index < -0.39 is 5.97 Å². The monoisotopic (exact) mass is 720 g/mol. The fourth-order valence-corrected chi connectivity index (χ4v) is 6.79. The molecule has 11 nitrogen and oxygen atoms in total. The molecule has 0 atom stereocenters. The molecule has 6 rings (SSSR count). The summed E-state index contributed by atoms with van der Waals surface area (Å²) in [6, 6.07) is 23.7. The van der Waals surface area contributed by atoms with E-state index in [1.807, 2.05) is 48.7 Å². The summed E-state index contributed by atoms with van der Waals surface area (Å²) in [4.78, 5) is 23.1. The van der Waals surface area contributed by atoms with Gasteiger partial charge in [0.05, 0.1) is 23.6 Å². The number of nitrogens with one attached hydrogen (secondary N) is 1. The van der Waals surface area contributed by atoms with E-state index in [0.717, 1.165) is 52.9 Å². The number of esters is 1. The molecule has 0 saturated heterocycles. The van der Waals surface area contributed by atoms with Gasteiger partial charge in [0.15, 0.2) is 5.15 Å². The maximum absolute atomic E-state index is 13.4. The van der Waals surface area contributed by atoms with Crippen molar-refractivity contribution >= 4 is 28.9 Å². The smallest absolute Gasteiger partial charge is 0.350 e. The maximum Gasteiger partial charge on any atom is 0.350 e. The van der Waals surface area contributed by atoms with E-state index in [-0.39, 0.29) is 6.61 Å². The predicted octanol–water partition coefficient (Wildman–Crippen LogP) is 8.47. The van der Waals surface area contributed by atoms with Gasteiger partial charge < -0.3 is 14.0 Å². The van der Waals surface area contributed by atoms with Gasteiger partial charge in [-0.3, -0.25) is 0 Å². The first-order valence-corrected chi connectivity index (χ1v) is 17.9. The number of halogens is 1. The van der Waals surface area contributed by atoms with Crippen LogP contribution in [0, 0.1) is 24.2 Å². The third kappa shape index (κ3) is 8.17. The van der Waals surface area contributed by atoms with Crippen molar-refractivity contribution in [3.63, 3.8) is 0 Å². The zero-order valence-corrected chi connectivity index (χ0v) is 30.4. The first-order chi connectivity index (χ1) is 24.7. The van der Waals surface area contributed by atoms with Crippen LogP contribution in [-0.2, 0) is 24.3 Å². The van der Waals surface area contributed by atoms with Crippen LogP contribution in [0.3, 0.4) is 0 Å². The van der Waals surface area contributed by atoms with Crippen molar-refractivity contribution < 1.29 is 14.3 Å². The van der Waals surface area contributed by atoms with Crippen LogP contribution in [0.15, 0.2) is 66.7 Å². The topological polar surface area (TPSA) is 144 Å². The first kappa shape index (κ1) is 35.4. The van der Waals surface area contributed by atoms with Gasteiger partial charge in [0.25, 0.3) is 0 Å². The molecule has 0 radical (unpaired) electrons. The molecule has 3 heterocycles. The second-order valence-electron chi connectivity index (χ2n) is 12.5. The number of benzene rings is 3. The van der Waals surface area contributed by atoms with Gasteiger partial charge in [-0.15, -0.1) is 21.5 Å². The highest BCUT2D eigenvalue weighted by molar-refractivity contribution is 7.17. The van der Waals surface area contributed by atoms with Crippen molar-refractivity contribution in [1.82, 2.24) is 35.2 Å². The molecule has 0 aliphatic rings. The molecule has 0 aliphatic heterocycles. The molecule has 0 saturated carbocycles. The van der Waals surface area contributed by atoms with Crippen molar-refractivity contribution in [2.75, 3.05) is 6.61 Å². The molecular weight excluding hydrogens is 684 g/mol. The number of tetrazole rings is 1. The second kappa shape index (κ2) is 16.1. The molecule has 0 aliphatic carbocycles. The largest absolute Gasteiger partial charge is 0.492 e. The Balaban J connectivity index is 1.20. The summed E-state index contributed by atoms with van der Waals surface area (Å²) in [6.45, 7) is 8.95. The van der Waals surface area contributed by atoms with Crippen LogP contribution in [0.4, 0.5) is 0 Å². The van der Waals surface area contributed by atoms with Gasteiger partial charge in [0.1, 0.15) is 34.1 Å². The third-order valence-electron chi connectivity index (χ3n) is 8.22. The molecule has 1 N–H and O–H groups in total. The highest BCUT2D eigenvalue weighted by Crippen LogP contribution is 2.33. The number of carbonyl (C=O) groups is 1. The van der Waals surface area contributed by atoms with Gasteiger partial charge in [-0.1, -0.05) is 87.3 Å². The number of H-pyrrole nitrogens is 1. The van der Waals surface area contributed by atoms with E-state index in [4.69, 9.17) is 21.1 Å². The van der Waals surface area contributed by atoms with Crippen LogP contribution in [0.1, 0.15) is 71.6 Å². The van der Waals surface area contributed by atoms with Gasteiger partial charge in [-0.25, -0.2) is 14.8 Å². The van der Waals surface area contributed by atoms with Gasteiger partial charge in [-0.05, 0) is 59.4 Å². The van der Waals surface area contributed by atoms with Crippen LogP contribution in [-0.4, -0.2) is 47.7 Å². The Labute approximate surface area is 305 Å². The Morgan fingerprint density at radius 3 is 2.53 bits per heavy atom. The lowest BCUT2D eigenvalue weighted by Crippen LogP contribution is -2.12. The SMILES string of the molecule is CCCCc1nc(Cl)c(COC(=O)c2sc(-c3ccc(OCC(C)C)c(C#N)c3)nc2C)n1Cc1ccc(-c2ccccc2-c2nn[nH]n2)cc1. The molecule has 0 unspecified atom stereocenters. The van der Waals surface area contributed by atoms with Gasteiger partial charge in [-0.2, -0.15) is 10.5 Å². The van der Waals surface area contributed by atoms with Crippen molar-refractivity contribution in [3.05, 3.63) is 105 Å². The van der Waals surface area contributed by atoms with E-state index in [1.165, 1.54) is 11.3 Å². The lowest BCUT2D eigenvalue weighted by atomic mass is 9.98. The molecular formula is C38H37ClN8O3S. The molecule has 13 heteroatoms. The average Bonchev–Trinajstić information content (AvgIpc) is 3.89. The molecule has 0 amide bonds. The number of rotatable bonds is 14. The zero-order valence-electron chi connectivity index (χ0n) is 28.8. The fraction of sp³-hybridized carbons (Fsp3) is 0.289. The van der Waals surface area contributed by atoms with E-state index >= 15 is 0 Å². The van der Waals surface area contributed by atoms with Crippen molar-refractivity contribution in [1.29, 1.82) is 5.26 Å². The number of aromatic amines is 1. The molecule has 0 bridgehead atoms. The Morgan fingerprint density at radius 2 is 1.82 bits per heavy atom. The van der Waals surface area contributed by atoms with Crippen LogP contribution >= 0.6 is 22.9 Å². The molecule has 3 aromatic carbocycles. The normalized spacial score (nSPS) is 11.2. The number of imidazole rings is 1. The Morgan fingerprint density at radius 1 is 1.06 bits per heavy atom. The van der Waals surface area contributed by atoms with Crippen molar-refractivity contribution in [3.8, 4) is 44.9 Å². The van der Waals surface area contributed by atoms with E-state index in [9.17, 15) is 10.1 Å². The highest BCUT2D eigenvalue weighted by atomic mass is 35.5. The number of nitriles is 1. The summed E-state index contributed by atoms with van der Waals surface area (Å²) < 4.78 is 13.7. The number of aryl methyl sites for hydroxylation is 2. The summed E-state index contributed by atoms with van der Waals surface area (Å²) >= 11 is 7.93. The van der Waals surface area contributed by atoms with Gasteiger partial charge in [0.2, 0.25) is 5.82 Å². The van der Waals surface area contributed by atoms with Crippen LogP contribution < -0.4 is 4.74 Å².